The van der Waals surface area contributed by atoms with Gasteiger partial charge in [-0.1, -0.05) is 195 Å². The molecule has 318 valence electrons. The molecule has 0 atom stereocenters. The Bertz CT molecular complexity index is 3070. The summed E-state index contributed by atoms with van der Waals surface area (Å²) >= 11 is 0. The van der Waals surface area contributed by atoms with E-state index in [0.717, 1.165) is 12.1 Å². The van der Waals surface area contributed by atoms with E-state index in [2.05, 4.69) is 236 Å². The minimum Gasteiger partial charge on any atom is -0.310 e. The van der Waals surface area contributed by atoms with E-state index in [1.54, 1.807) is 0 Å². The molecule has 8 aromatic carbocycles. The quantitative estimate of drug-likeness (QED) is 0.161. The fourth-order valence-corrected chi connectivity index (χ4v) is 12.1. The van der Waals surface area contributed by atoms with Gasteiger partial charge in [0, 0.05) is 16.9 Å². The summed E-state index contributed by atoms with van der Waals surface area (Å²) in [5.41, 5.74) is 19.5. The molecule has 0 saturated heterocycles. The zero-order valence-electron chi connectivity index (χ0n) is 39.0. The summed E-state index contributed by atoms with van der Waals surface area (Å²) in [5, 5.41) is 2.48. The SMILES string of the molecule is CC1(C)CCC(C)(C)c2cc(-c3cc4c(cc3N(c3ccc5c(c3)C(C)(C)CCC5(C)C)c3ccc5ccccc5c3)C(c3ccccc3)(c3ccccc3)c3ccccc3-4)ccc21. The highest BCUT2D eigenvalue weighted by Gasteiger charge is 2.47. The van der Waals surface area contributed by atoms with Crippen LogP contribution in [0, 0.1) is 0 Å². The molecule has 11 rings (SSSR count). The van der Waals surface area contributed by atoms with Crippen molar-refractivity contribution < 1.29 is 0 Å². The smallest absolute Gasteiger partial charge is 0.0714 e. The number of nitrogens with zero attached hydrogens (tertiary/aromatic N) is 1. The van der Waals surface area contributed by atoms with Crippen LogP contribution >= 0.6 is 0 Å². The number of benzene rings is 8. The van der Waals surface area contributed by atoms with Crippen LogP contribution in [0.1, 0.15) is 126 Å². The van der Waals surface area contributed by atoms with E-state index in [1.807, 2.05) is 0 Å². The fourth-order valence-electron chi connectivity index (χ4n) is 12.1. The lowest BCUT2D eigenvalue weighted by Gasteiger charge is -2.43. The molecule has 64 heavy (non-hydrogen) atoms. The summed E-state index contributed by atoms with van der Waals surface area (Å²) in [6.45, 7) is 19.6. The Balaban J connectivity index is 1.28. The van der Waals surface area contributed by atoms with Crippen molar-refractivity contribution >= 4 is 27.8 Å². The Hall–Kier alpha value is -6.18. The van der Waals surface area contributed by atoms with Crippen molar-refractivity contribution in [3.63, 3.8) is 0 Å². The lowest BCUT2D eigenvalue weighted by atomic mass is 9.63. The molecule has 0 spiro atoms. The zero-order chi connectivity index (χ0) is 44.2. The molecule has 0 N–H and O–H groups in total. The third kappa shape index (κ3) is 6.18. The maximum Gasteiger partial charge on any atom is 0.0714 e. The summed E-state index contributed by atoms with van der Waals surface area (Å²) in [4.78, 5) is 2.61. The number of anilines is 3. The van der Waals surface area contributed by atoms with Gasteiger partial charge >= 0.3 is 0 Å². The molecule has 0 aliphatic heterocycles. The van der Waals surface area contributed by atoms with E-state index in [4.69, 9.17) is 0 Å². The minimum absolute atomic E-state index is 0.0466. The predicted molar refractivity (Wildman–Crippen MR) is 272 cm³/mol. The number of rotatable bonds is 6. The molecule has 1 heteroatoms. The summed E-state index contributed by atoms with van der Waals surface area (Å²) in [5.74, 6) is 0. The molecule has 3 aliphatic rings. The molecule has 0 aromatic heterocycles. The second-order valence-electron chi connectivity index (χ2n) is 21.8. The van der Waals surface area contributed by atoms with Gasteiger partial charge in [-0.2, -0.15) is 0 Å². The van der Waals surface area contributed by atoms with Crippen LogP contribution in [0.2, 0.25) is 0 Å². The average molecular weight is 832 g/mol. The molecule has 3 aliphatic carbocycles. The molecule has 8 aromatic rings. The van der Waals surface area contributed by atoms with Crippen molar-refractivity contribution in [2.75, 3.05) is 4.90 Å². The van der Waals surface area contributed by atoms with E-state index in [0.29, 0.717) is 0 Å². The Labute approximate surface area is 381 Å². The van der Waals surface area contributed by atoms with Gasteiger partial charge < -0.3 is 4.90 Å². The van der Waals surface area contributed by atoms with E-state index >= 15 is 0 Å². The van der Waals surface area contributed by atoms with Crippen LogP contribution in [0.4, 0.5) is 17.1 Å². The summed E-state index contributed by atoms with van der Waals surface area (Å²) in [7, 11) is 0. The van der Waals surface area contributed by atoms with Gasteiger partial charge in [0.15, 0.2) is 0 Å². The normalized spacial score (nSPS) is 18.1. The first-order valence-corrected chi connectivity index (χ1v) is 23.7. The van der Waals surface area contributed by atoms with Crippen LogP contribution in [0.15, 0.2) is 176 Å². The highest BCUT2D eigenvalue weighted by Crippen LogP contribution is 2.60. The van der Waals surface area contributed by atoms with Gasteiger partial charge in [-0.3, -0.25) is 0 Å². The fraction of sp³-hybridized carbons (Fsp3) is 0.270. The standard InChI is InChI=1S/C63H61N/c1-59(2)33-35-61(5,6)56-38-44(28-31-53(56)59)50-40-51-49-25-17-18-26-52(49)63(45-21-11-9-12-22-45,46-23-13-10-14-24-46)55(51)41-58(50)64(47-29-27-42-19-15-16-20-43(42)37-47)48-30-32-54-57(39-48)62(7,8)36-34-60(54,3)4/h9-32,37-41H,33-36H2,1-8H3. The van der Waals surface area contributed by atoms with Crippen molar-refractivity contribution in [3.05, 3.63) is 220 Å². The molecule has 0 radical (unpaired) electrons. The van der Waals surface area contributed by atoms with Gasteiger partial charge in [-0.05, 0) is 156 Å². The van der Waals surface area contributed by atoms with E-state index in [9.17, 15) is 0 Å². The van der Waals surface area contributed by atoms with E-state index < -0.39 is 5.41 Å². The van der Waals surface area contributed by atoms with Crippen molar-refractivity contribution in [1.82, 2.24) is 0 Å². The van der Waals surface area contributed by atoms with Gasteiger partial charge in [0.2, 0.25) is 0 Å². The summed E-state index contributed by atoms with van der Waals surface area (Å²) < 4.78 is 0. The van der Waals surface area contributed by atoms with E-state index in [-0.39, 0.29) is 21.7 Å². The topological polar surface area (TPSA) is 3.24 Å². The molecule has 0 amide bonds. The van der Waals surface area contributed by atoms with Gasteiger partial charge in [0.25, 0.3) is 0 Å². The maximum absolute atomic E-state index is 2.61. The van der Waals surface area contributed by atoms with Gasteiger partial charge in [0.1, 0.15) is 0 Å². The first kappa shape index (κ1) is 40.6. The molecule has 1 nitrogen and oxygen atoms in total. The Morgan fingerprint density at radius 2 is 0.828 bits per heavy atom. The lowest BCUT2D eigenvalue weighted by molar-refractivity contribution is 0.332. The summed E-state index contributed by atoms with van der Waals surface area (Å²) in [6, 6.07) is 67.7. The van der Waals surface area contributed by atoms with Crippen LogP contribution in [0.25, 0.3) is 33.0 Å². The minimum atomic E-state index is -0.541. The lowest BCUT2D eigenvalue weighted by Crippen LogP contribution is -2.34. The highest BCUT2D eigenvalue weighted by molar-refractivity contribution is 5.98. The Kier molecular flexibility index (Phi) is 9.14. The molecule has 0 bridgehead atoms. The Morgan fingerprint density at radius 1 is 0.328 bits per heavy atom. The van der Waals surface area contributed by atoms with Crippen molar-refractivity contribution in [1.29, 1.82) is 0 Å². The highest BCUT2D eigenvalue weighted by atomic mass is 15.1. The van der Waals surface area contributed by atoms with Crippen LogP contribution in [0.5, 0.6) is 0 Å². The predicted octanol–water partition coefficient (Wildman–Crippen LogP) is 17.0. The maximum atomic E-state index is 2.61. The van der Waals surface area contributed by atoms with E-state index in [1.165, 1.54) is 108 Å². The third-order valence-corrected chi connectivity index (χ3v) is 16.1. The van der Waals surface area contributed by atoms with Gasteiger partial charge in [0.05, 0.1) is 11.1 Å². The van der Waals surface area contributed by atoms with Gasteiger partial charge in [-0.15, -0.1) is 0 Å². The van der Waals surface area contributed by atoms with Crippen molar-refractivity contribution in [3.8, 4) is 22.3 Å². The molecule has 0 heterocycles. The van der Waals surface area contributed by atoms with Crippen LogP contribution in [-0.4, -0.2) is 0 Å². The molecule has 0 fully saturated rings. The average Bonchev–Trinajstić information content (AvgIpc) is 3.60. The number of hydrogen-bond acceptors (Lipinski definition) is 1. The second-order valence-corrected chi connectivity index (χ2v) is 21.8. The number of fused-ring (bicyclic) bond motifs is 6. The largest absolute Gasteiger partial charge is 0.310 e. The Morgan fingerprint density at radius 3 is 1.47 bits per heavy atom. The van der Waals surface area contributed by atoms with Crippen molar-refractivity contribution in [2.24, 2.45) is 0 Å². The third-order valence-electron chi connectivity index (χ3n) is 16.1. The first-order chi connectivity index (χ1) is 30.7. The van der Waals surface area contributed by atoms with Crippen molar-refractivity contribution in [2.45, 2.75) is 108 Å². The molecule has 0 unspecified atom stereocenters. The molecule has 0 saturated carbocycles. The second kappa shape index (κ2) is 14.4. The van der Waals surface area contributed by atoms with Crippen LogP contribution in [0.3, 0.4) is 0 Å². The molecular weight excluding hydrogens is 771 g/mol. The first-order valence-electron chi connectivity index (χ1n) is 23.7. The number of hydrogen-bond donors (Lipinski definition) is 0. The van der Waals surface area contributed by atoms with Crippen LogP contribution < -0.4 is 4.90 Å². The van der Waals surface area contributed by atoms with Gasteiger partial charge in [-0.25, -0.2) is 0 Å². The monoisotopic (exact) mass is 831 g/mol. The zero-order valence-corrected chi connectivity index (χ0v) is 39.0. The van der Waals surface area contributed by atoms with Crippen LogP contribution in [-0.2, 0) is 27.1 Å². The molecular formula is C63H61N. The summed E-state index contributed by atoms with van der Waals surface area (Å²) in [6.07, 6.45) is 4.70.